The van der Waals surface area contributed by atoms with Crippen LogP contribution in [0.2, 0.25) is 0 Å². The Morgan fingerprint density at radius 1 is 1.08 bits per heavy atom. The van der Waals surface area contributed by atoms with Crippen molar-refractivity contribution in [3.8, 4) is 0 Å². The lowest BCUT2D eigenvalue weighted by Gasteiger charge is -2.13. The van der Waals surface area contributed by atoms with Gasteiger partial charge in [-0.2, -0.15) is 0 Å². The van der Waals surface area contributed by atoms with Gasteiger partial charge in [-0.1, -0.05) is 36.4 Å². The molecule has 0 spiro atoms. The zero-order valence-corrected chi connectivity index (χ0v) is 13.8. The van der Waals surface area contributed by atoms with E-state index < -0.39 is 24.0 Å². The first-order valence-electron chi connectivity index (χ1n) is 7.80. The van der Waals surface area contributed by atoms with E-state index in [4.69, 9.17) is 15.6 Å². The topological polar surface area (TPSA) is 131 Å². The maximum Gasteiger partial charge on any atom is 0.407 e. The monoisotopic (exact) mass is 357 g/mol. The number of benzene rings is 2. The minimum Gasteiger partial charge on any atom is -0.478 e. The third-order valence-electron chi connectivity index (χ3n) is 3.39. The average Bonchev–Trinajstić information content (AvgIpc) is 2.65. The summed E-state index contributed by atoms with van der Waals surface area (Å²) in [5.41, 5.74) is 6.90. The molecule has 8 nitrogen and oxygen atoms in total. The lowest BCUT2D eigenvalue weighted by Crippen LogP contribution is -2.45. The molecule has 136 valence electrons. The highest BCUT2D eigenvalue weighted by atomic mass is 16.5. The average molecular weight is 357 g/mol. The number of hydrogen-bond donors (Lipinski definition) is 4. The summed E-state index contributed by atoms with van der Waals surface area (Å²) < 4.78 is 5.02. The second-order valence-electron chi connectivity index (χ2n) is 5.42. The number of amides is 2. The summed E-state index contributed by atoms with van der Waals surface area (Å²) >= 11 is 0. The van der Waals surface area contributed by atoms with Crippen LogP contribution < -0.4 is 16.4 Å². The van der Waals surface area contributed by atoms with Gasteiger partial charge in [-0.25, -0.2) is 9.59 Å². The van der Waals surface area contributed by atoms with E-state index in [1.807, 2.05) is 30.3 Å². The number of carbonyl (C=O) groups is 3. The van der Waals surface area contributed by atoms with Gasteiger partial charge >= 0.3 is 12.1 Å². The molecule has 0 unspecified atom stereocenters. The zero-order valence-electron chi connectivity index (χ0n) is 13.8. The van der Waals surface area contributed by atoms with Gasteiger partial charge in [0.2, 0.25) is 5.91 Å². The molecule has 0 saturated carbocycles. The second kappa shape index (κ2) is 9.19. The van der Waals surface area contributed by atoms with E-state index >= 15 is 0 Å². The van der Waals surface area contributed by atoms with Crippen LogP contribution >= 0.6 is 0 Å². The first-order chi connectivity index (χ1) is 12.5. The Bertz CT molecular complexity index is 779. The van der Waals surface area contributed by atoms with Crippen LogP contribution in [0.15, 0.2) is 54.6 Å². The van der Waals surface area contributed by atoms with Gasteiger partial charge in [-0.15, -0.1) is 0 Å². The van der Waals surface area contributed by atoms with Crippen LogP contribution in [0.4, 0.5) is 10.5 Å². The molecule has 8 heteroatoms. The molecule has 26 heavy (non-hydrogen) atoms. The fourth-order valence-corrected chi connectivity index (χ4v) is 2.03. The summed E-state index contributed by atoms with van der Waals surface area (Å²) in [7, 11) is 0. The van der Waals surface area contributed by atoms with Crippen LogP contribution in [0, 0.1) is 0 Å². The Morgan fingerprint density at radius 3 is 2.50 bits per heavy atom. The number of nitrogens with two attached hydrogens (primary N) is 1. The third-order valence-corrected chi connectivity index (χ3v) is 3.39. The standard InChI is InChI=1S/C18H19N3O5/c19-15(10-20-18(25)26-11-12-5-2-1-3-6-12)16(22)21-14-8-4-7-13(9-14)17(23)24/h1-9,15H,10-11,19H2,(H,20,25)(H,21,22)(H,23,24)/t15-/m1/s1. The number of alkyl carbamates (subject to hydrolysis) is 1. The molecule has 0 aliphatic heterocycles. The Hall–Kier alpha value is -3.39. The number of carboxylic acids is 1. The van der Waals surface area contributed by atoms with Gasteiger partial charge in [0.15, 0.2) is 0 Å². The predicted octanol–water partition coefficient (Wildman–Crippen LogP) is 1.58. The van der Waals surface area contributed by atoms with Gasteiger partial charge < -0.3 is 26.2 Å². The van der Waals surface area contributed by atoms with Crippen molar-refractivity contribution in [3.05, 3.63) is 65.7 Å². The van der Waals surface area contributed by atoms with Crippen LogP contribution in [-0.2, 0) is 16.1 Å². The van der Waals surface area contributed by atoms with E-state index in [0.29, 0.717) is 5.69 Å². The molecule has 2 aromatic carbocycles. The molecule has 0 fully saturated rings. The Kier molecular flexibility index (Phi) is 6.69. The maximum absolute atomic E-state index is 12.0. The molecule has 0 bridgehead atoms. The lowest BCUT2D eigenvalue weighted by molar-refractivity contribution is -0.117. The van der Waals surface area contributed by atoms with E-state index in [9.17, 15) is 14.4 Å². The maximum atomic E-state index is 12.0. The van der Waals surface area contributed by atoms with Crippen LogP contribution in [-0.4, -0.2) is 35.7 Å². The van der Waals surface area contributed by atoms with E-state index in [1.165, 1.54) is 18.2 Å². The minimum absolute atomic E-state index is 0.0407. The second-order valence-corrected chi connectivity index (χ2v) is 5.42. The predicted molar refractivity (Wildman–Crippen MR) is 94.6 cm³/mol. The zero-order chi connectivity index (χ0) is 18.9. The van der Waals surface area contributed by atoms with Gasteiger partial charge in [-0.05, 0) is 23.8 Å². The number of hydrogen-bond acceptors (Lipinski definition) is 5. The fraction of sp³-hybridized carbons (Fsp3) is 0.167. The molecule has 2 aromatic rings. The summed E-state index contributed by atoms with van der Waals surface area (Å²) in [6.07, 6.45) is -0.690. The van der Waals surface area contributed by atoms with Gasteiger partial charge in [-0.3, -0.25) is 4.79 Å². The van der Waals surface area contributed by atoms with Crippen LogP contribution in [0.1, 0.15) is 15.9 Å². The Labute approximate surface area is 150 Å². The highest BCUT2D eigenvalue weighted by molar-refractivity contribution is 5.96. The van der Waals surface area contributed by atoms with Crippen LogP contribution in [0.3, 0.4) is 0 Å². The molecule has 0 aliphatic rings. The number of carboxylic acid groups (broad SMARTS) is 1. The summed E-state index contributed by atoms with van der Waals surface area (Å²) in [6, 6.07) is 13.9. The molecule has 1 atom stereocenters. The molecule has 0 aromatic heterocycles. The van der Waals surface area contributed by atoms with Gasteiger partial charge in [0, 0.05) is 12.2 Å². The minimum atomic E-state index is -1.10. The molecule has 0 radical (unpaired) electrons. The number of aromatic carboxylic acids is 1. The first kappa shape index (κ1) is 18.9. The molecule has 5 N–H and O–H groups in total. The van der Waals surface area contributed by atoms with E-state index in [2.05, 4.69) is 10.6 Å². The van der Waals surface area contributed by atoms with Crippen LogP contribution in [0.5, 0.6) is 0 Å². The highest BCUT2D eigenvalue weighted by Crippen LogP contribution is 2.10. The van der Waals surface area contributed by atoms with E-state index in [-0.39, 0.29) is 18.7 Å². The molecular formula is C18H19N3O5. The molecular weight excluding hydrogens is 338 g/mol. The van der Waals surface area contributed by atoms with Crippen molar-refractivity contribution in [2.45, 2.75) is 12.6 Å². The summed E-state index contributed by atoms with van der Waals surface area (Å²) in [4.78, 5) is 34.6. The van der Waals surface area contributed by atoms with E-state index in [1.54, 1.807) is 6.07 Å². The molecule has 2 rings (SSSR count). The molecule has 2 amide bonds. The van der Waals surface area contributed by atoms with Gasteiger partial charge in [0.1, 0.15) is 12.6 Å². The van der Waals surface area contributed by atoms with Crippen LogP contribution in [0.25, 0.3) is 0 Å². The normalized spacial score (nSPS) is 11.3. The summed E-state index contributed by atoms with van der Waals surface area (Å²) in [5.74, 6) is -1.66. The Morgan fingerprint density at radius 2 is 1.81 bits per heavy atom. The number of anilines is 1. The van der Waals surface area contributed by atoms with Crippen molar-refractivity contribution in [3.63, 3.8) is 0 Å². The van der Waals surface area contributed by atoms with Gasteiger partial charge in [0.05, 0.1) is 5.56 Å². The number of carbonyl (C=O) groups excluding carboxylic acids is 2. The third kappa shape index (κ3) is 5.91. The summed E-state index contributed by atoms with van der Waals surface area (Å²) in [6.45, 7) is -0.0197. The summed E-state index contributed by atoms with van der Waals surface area (Å²) in [5, 5.41) is 13.8. The van der Waals surface area contributed by atoms with Crippen molar-refractivity contribution in [2.75, 3.05) is 11.9 Å². The molecule has 0 heterocycles. The lowest BCUT2D eigenvalue weighted by atomic mass is 10.2. The first-order valence-corrected chi connectivity index (χ1v) is 7.80. The SMILES string of the molecule is N[C@H](CNC(=O)OCc1ccccc1)C(=O)Nc1cccc(C(=O)O)c1. The molecule has 0 saturated heterocycles. The van der Waals surface area contributed by atoms with Gasteiger partial charge in [0.25, 0.3) is 0 Å². The Balaban J connectivity index is 1.77. The highest BCUT2D eigenvalue weighted by Gasteiger charge is 2.16. The molecule has 0 aliphatic carbocycles. The van der Waals surface area contributed by atoms with E-state index in [0.717, 1.165) is 5.56 Å². The van der Waals surface area contributed by atoms with Crippen molar-refractivity contribution in [2.24, 2.45) is 5.73 Å². The number of ether oxygens (including phenoxy) is 1. The van der Waals surface area contributed by atoms with Crippen molar-refractivity contribution < 1.29 is 24.2 Å². The van der Waals surface area contributed by atoms with Crippen molar-refractivity contribution >= 4 is 23.7 Å². The largest absolute Gasteiger partial charge is 0.478 e. The quantitative estimate of drug-likeness (QED) is 0.595. The van der Waals surface area contributed by atoms with Crippen molar-refractivity contribution in [1.29, 1.82) is 0 Å². The fourth-order valence-electron chi connectivity index (χ4n) is 2.03. The number of rotatable bonds is 7. The number of nitrogens with one attached hydrogen (secondary N) is 2. The smallest absolute Gasteiger partial charge is 0.407 e. The van der Waals surface area contributed by atoms with Crippen molar-refractivity contribution in [1.82, 2.24) is 5.32 Å².